The molecule has 0 aliphatic heterocycles. The van der Waals surface area contributed by atoms with Crippen LogP contribution in [0.4, 0.5) is 14.9 Å². The van der Waals surface area contributed by atoms with Crippen LogP contribution in [0.5, 0.6) is 0 Å². The van der Waals surface area contributed by atoms with Gasteiger partial charge in [0.2, 0.25) is 0 Å². The van der Waals surface area contributed by atoms with E-state index in [1.54, 1.807) is 0 Å². The highest BCUT2D eigenvalue weighted by Gasteiger charge is 2.06. The van der Waals surface area contributed by atoms with E-state index in [9.17, 15) is 9.18 Å². The molecular weight excluding hydrogens is 231 g/mol. The second-order valence-electron chi connectivity index (χ2n) is 4.50. The number of urea groups is 1. The molecule has 0 saturated heterocycles. The van der Waals surface area contributed by atoms with Crippen molar-refractivity contribution in [3.63, 3.8) is 0 Å². The second kappa shape index (κ2) is 7.69. The summed E-state index contributed by atoms with van der Waals surface area (Å²) in [5, 5.41) is 5.53. The molecule has 1 aromatic carbocycles. The predicted octanol–water partition coefficient (Wildman–Crippen LogP) is 3.92. The maximum atomic E-state index is 12.7. The van der Waals surface area contributed by atoms with Crippen molar-refractivity contribution in [2.75, 3.05) is 5.32 Å². The number of benzene rings is 1. The van der Waals surface area contributed by atoms with Gasteiger partial charge in [-0.1, -0.05) is 26.2 Å². The zero-order chi connectivity index (χ0) is 13.4. The van der Waals surface area contributed by atoms with Crippen LogP contribution in [0.25, 0.3) is 0 Å². The van der Waals surface area contributed by atoms with E-state index in [1.165, 1.54) is 37.1 Å². The fourth-order valence-electron chi connectivity index (χ4n) is 1.70. The van der Waals surface area contributed by atoms with Gasteiger partial charge in [-0.25, -0.2) is 9.18 Å². The van der Waals surface area contributed by atoms with E-state index >= 15 is 0 Å². The van der Waals surface area contributed by atoms with Gasteiger partial charge in [-0.05, 0) is 37.6 Å². The summed E-state index contributed by atoms with van der Waals surface area (Å²) in [6.45, 7) is 4.14. The highest BCUT2D eigenvalue weighted by atomic mass is 19.1. The van der Waals surface area contributed by atoms with E-state index in [0.717, 1.165) is 12.8 Å². The number of anilines is 1. The van der Waals surface area contributed by atoms with Crippen molar-refractivity contribution >= 4 is 11.7 Å². The Morgan fingerprint density at radius 3 is 2.56 bits per heavy atom. The molecule has 0 bridgehead atoms. The van der Waals surface area contributed by atoms with Crippen molar-refractivity contribution < 1.29 is 9.18 Å². The summed E-state index contributed by atoms with van der Waals surface area (Å²) in [4.78, 5) is 11.6. The van der Waals surface area contributed by atoms with Crippen LogP contribution >= 0.6 is 0 Å². The molecule has 0 spiro atoms. The molecule has 0 aliphatic carbocycles. The minimum atomic E-state index is -0.311. The monoisotopic (exact) mass is 252 g/mol. The Kier molecular flexibility index (Phi) is 6.19. The third-order valence-electron chi connectivity index (χ3n) is 2.72. The average Bonchev–Trinajstić information content (AvgIpc) is 2.32. The Bertz CT molecular complexity index is 365. The SMILES string of the molecule is CCCCCC(C)NC(=O)Nc1ccc(F)cc1. The van der Waals surface area contributed by atoms with Crippen molar-refractivity contribution in [2.24, 2.45) is 0 Å². The number of nitrogens with one attached hydrogen (secondary N) is 2. The summed E-state index contributed by atoms with van der Waals surface area (Å²) < 4.78 is 12.7. The van der Waals surface area contributed by atoms with E-state index in [1.807, 2.05) is 6.92 Å². The minimum absolute atomic E-state index is 0.150. The highest BCUT2D eigenvalue weighted by molar-refractivity contribution is 5.89. The second-order valence-corrected chi connectivity index (χ2v) is 4.50. The summed E-state index contributed by atoms with van der Waals surface area (Å²) in [6.07, 6.45) is 4.46. The summed E-state index contributed by atoms with van der Waals surface area (Å²) in [6, 6.07) is 5.62. The minimum Gasteiger partial charge on any atom is -0.335 e. The van der Waals surface area contributed by atoms with Gasteiger partial charge >= 0.3 is 6.03 Å². The quantitative estimate of drug-likeness (QED) is 0.740. The molecule has 3 nitrogen and oxygen atoms in total. The van der Waals surface area contributed by atoms with Crippen molar-refractivity contribution in [1.82, 2.24) is 5.32 Å². The molecule has 1 atom stereocenters. The van der Waals surface area contributed by atoms with E-state index < -0.39 is 0 Å². The van der Waals surface area contributed by atoms with Crippen LogP contribution in [-0.2, 0) is 0 Å². The third kappa shape index (κ3) is 5.66. The Balaban J connectivity index is 2.30. The normalized spacial score (nSPS) is 11.9. The predicted molar refractivity (Wildman–Crippen MR) is 72.2 cm³/mol. The van der Waals surface area contributed by atoms with Gasteiger partial charge in [-0.15, -0.1) is 0 Å². The Morgan fingerprint density at radius 2 is 1.94 bits per heavy atom. The smallest absolute Gasteiger partial charge is 0.319 e. The topological polar surface area (TPSA) is 41.1 Å². The van der Waals surface area contributed by atoms with Crippen LogP contribution in [0.1, 0.15) is 39.5 Å². The first-order chi connectivity index (χ1) is 8.61. The van der Waals surface area contributed by atoms with E-state index in [4.69, 9.17) is 0 Å². The number of carbonyl (C=O) groups excluding carboxylic acids is 1. The van der Waals surface area contributed by atoms with Crippen molar-refractivity contribution in [2.45, 2.75) is 45.6 Å². The molecule has 18 heavy (non-hydrogen) atoms. The number of hydrogen-bond acceptors (Lipinski definition) is 1. The van der Waals surface area contributed by atoms with Gasteiger partial charge in [-0.2, -0.15) is 0 Å². The van der Waals surface area contributed by atoms with Crippen molar-refractivity contribution in [3.05, 3.63) is 30.1 Å². The largest absolute Gasteiger partial charge is 0.335 e. The Hall–Kier alpha value is -1.58. The molecule has 0 saturated carbocycles. The summed E-state index contributed by atoms with van der Waals surface area (Å²) in [7, 11) is 0. The molecule has 1 rings (SSSR count). The first-order valence-electron chi connectivity index (χ1n) is 6.45. The summed E-state index contributed by atoms with van der Waals surface area (Å²) in [5.41, 5.74) is 0.592. The number of amides is 2. The third-order valence-corrected chi connectivity index (χ3v) is 2.72. The molecule has 0 heterocycles. The van der Waals surface area contributed by atoms with Gasteiger partial charge in [-0.3, -0.25) is 0 Å². The van der Waals surface area contributed by atoms with Gasteiger partial charge in [0.1, 0.15) is 5.82 Å². The first kappa shape index (κ1) is 14.5. The average molecular weight is 252 g/mol. The van der Waals surface area contributed by atoms with Crippen molar-refractivity contribution in [1.29, 1.82) is 0 Å². The highest BCUT2D eigenvalue weighted by Crippen LogP contribution is 2.08. The maximum absolute atomic E-state index is 12.7. The molecule has 4 heteroatoms. The molecule has 0 aromatic heterocycles. The zero-order valence-electron chi connectivity index (χ0n) is 11.0. The molecule has 1 aromatic rings. The molecule has 1 unspecified atom stereocenters. The van der Waals surface area contributed by atoms with Crippen molar-refractivity contribution in [3.8, 4) is 0 Å². The zero-order valence-corrected chi connectivity index (χ0v) is 11.0. The van der Waals surface area contributed by atoms with Crippen LogP contribution in [0.3, 0.4) is 0 Å². The van der Waals surface area contributed by atoms with Gasteiger partial charge in [0.05, 0.1) is 0 Å². The van der Waals surface area contributed by atoms with E-state index in [0.29, 0.717) is 5.69 Å². The van der Waals surface area contributed by atoms with Crippen LogP contribution in [-0.4, -0.2) is 12.1 Å². The molecule has 2 amide bonds. The number of halogens is 1. The van der Waals surface area contributed by atoms with Gasteiger partial charge in [0.25, 0.3) is 0 Å². The molecule has 0 fully saturated rings. The van der Waals surface area contributed by atoms with Crippen LogP contribution in [0, 0.1) is 5.82 Å². The molecule has 0 radical (unpaired) electrons. The molecular formula is C14H21FN2O. The number of rotatable bonds is 6. The van der Waals surface area contributed by atoms with Crippen LogP contribution < -0.4 is 10.6 Å². The standard InChI is InChI=1S/C14H21FN2O/c1-3-4-5-6-11(2)16-14(18)17-13-9-7-12(15)8-10-13/h7-11H,3-6H2,1-2H3,(H2,16,17,18). The van der Waals surface area contributed by atoms with Gasteiger partial charge < -0.3 is 10.6 Å². The van der Waals surface area contributed by atoms with Gasteiger partial charge in [0.15, 0.2) is 0 Å². The number of unbranched alkanes of at least 4 members (excludes halogenated alkanes) is 2. The fourth-order valence-corrected chi connectivity index (χ4v) is 1.70. The Labute approximate surface area is 108 Å². The first-order valence-corrected chi connectivity index (χ1v) is 6.45. The van der Waals surface area contributed by atoms with E-state index in [-0.39, 0.29) is 17.9 Å². The number of hydrogen-bond donors (Lipinski definition) is 2. The summed E-state index contributed by atoms with van der Waals surface area (Å²) in [5.74, 6) is -0.311. The lowest BCUT2D eigenvalue weighted by molar-refractivity contribution is 0.248. The Morgan fingerprint density at radius 1 is 1.28 bits per heavy atom. The lowest BCUT2D eigenvalue weighted by Crippen LogP contribution is -2.36. The molecule has 100 valence electrons. The summed E-state index contributed by atoms with van der Waals surface area (Å²) >= 11 is 0. The van der Waals surface area contributed by atoms with E-state index in [2.05, 4.69) is 17.6 Å². The maximum Gasteiger partial charge on any atom is 0.319 e. The lowest BCUT2D eigenvalue weighted by Gasteiger charge is -2.14. The van der Waals surface area contributed by atoms with Crippen LogP contribution in [0.2, 0.25) is 0 Å². The lowest BCUT2D eigenvalue weighted by atomic mass is 10.1. The van der Waals surface area contributed by atoms with Gasteiger partial charge in [0, 0.05) is 11.7 Å². The van der Waals surface area contributed by atoms with Crippen LogP contribution in [0.15, 0.2) is 24.3 Å². The fraction of sp³-hybridized carbons (Fsp3) is 0.500. The molecule has 2 N–H and O–H groups in total. The number of carbonyl (C=O) groups is 1. The molecule has 0 aliphatic rings.